The molecule has 1 aromatic carbocycles. The monoisotopic (exact) mass is 381 g/mol. The van der Waals surface area contributed by atoms with E-state index in [0.29, 0.717) is 23.2 Å². The van der Waals surface area contributed by atoms with Crippen LogP contribution in [0.2, 0.25) is 0 Å². The Balaban J connectivity index is 1.51. The third kappa shape index (κ3) is 3.63. The number of nitrogens with one attached hydrogen (secondary N) is 1. The number of benzene rings is 1. The second kappa shape index (κ2) is 7.92. The SMILES string of the molecule is CCc1ccc([C@H]2CC(=O)c3c([nH]c(C(=O)OC[C@H]4CCCO4)c3C)C2)cc1. The first-order valence-electron chi connectivity index (χ1n) is 10.2. The van der Waals surface area contributed by atoms with Crippen molar-refractivity contribution >= 4 is 11.8 Å². The van der Waals surface area contributed by atoms with Crippen molar-refractivity contribution < 1.29 is 19.1 Å². The van der Waals surface area contributed by atoms with E-state index in [4.69, 9.17) is 9.47 Å². The number of hydrogen-bond donors (Lipinski definition) is 1. The Morgan fingerprint density at radius 1 is 1.25 bits per heavy atom. The van der Waals surface area contributed by atoms with Gasteiger partial charge in [0.15, 0.2) is 5.78 Å². The van der Waals surface area contributed by atoms with Crippen molar-refractivity contribution in [3.8, 4) is 0 Å². The maximum Gasteiger partial charge on any atom is 0.355 e. The standard InChI is InChI=1S/C23H27NO4/c1-3-15-6-8-16(9-7-15)17-11-19-21(20(25)12-17)14(2)22(24-19)23(26)28-13-18-5-4-10-27-18/h6-9,17-18,24H,3-5,10-13H2,1-2H3/t17-,18-/m1/s1. The van der Waals surface area contributed by atoms with Gasteiger partial charge in [-0.2, -0.15) is 0 Å². The lowest BCUT2D eigenvalue weighted by Crippen LogP contribution is -2.18. The molecule has 5 heteroatoms. The molecule has 1 aromatic heterocycles. The van der Waals surface area contributed by atoms with E-state index in [1.807, 2.05) is 6.92 Å². The van der Waals surface area contributed by atoms with E-state index in [0.717, 1.165) is 38.0 Å². The van der Waals surface area contributed by atoms with E-state index in [2.05, 4.69) is 36.2 Å². The number of ketones is 1. The highest BCUT2D eigenvalue weighted by Gasteiger charge is 2.32. The van der Waals surface area contributed by atoms with Gasteiger partial charge in [-0.3, -0.25) is 4.79 Å². The Morgan fingerprint density at radius 2 is 2.04 bits per heavy atom. The summed E-state index contributed by atoms with van der Waals surface area (Å²) >= 11 is 0. The highest BCUT2D eigenvalue weighted by Crippen LogP contribution is 2.35. The molecule has 0 spiro atoms. The van der Waals surface area contributed by atoms with E-state index < -0.39 is 5.97 Å². The molecule has 1 aliphatic carbocycles. The van der Waals surface area contributed by atoms with Crippen LogP contribution in [0, 0.1) is 6.92 Å². The fraction of sp³-hybridized carbons (Fsp3) is 0.478. The third-order valence-corrected chi connectivity index (χ3v) is 5.98. The van der Waals surface area contributed by atoms with Crippen LogP contribution in [-0.4, -0.2) is 36.1 Å². The molecule has 1 saturated heterocycles. The highest BCUT2D eigenvalue weighted by molar-refractivity contribution is 6.03. The number of hydrogen-bond acceptors (Lipinski definition) is 4. The molecule has 2 heterocycles. The molecule has 5 nitrogen and oxygen atoms in total. The smallest absolute Gasteiger partial charge is 0.355 e. The van der Waals surface area contributed by atoms with Gasteiger partial charge < -0.3 is 14.5 Å². The number of aryl methyl sites for hydroxylation is 1. The fourth-order valence-electron chi connectivity index (χ4n) is 4.32. The molecule has 148 valence electrons. The molecule has 2 atom stereocenters. The molecule has 1 N–H and O–H groups in total. The molecule has 1 fully saturated rings. The van der Waals surface area contributed by atoms with Gasteiger partial charge >= 0.3 is 5.97 Å². The van der Waals surface area contributed by atoms with Gasteiger partial charge in [0.1, 0.15) is 12.3 Å². The Kier molecular flexibility index (Phi) is 5.36. The van der Waals surface area contributed by atoms with Gasteiger partial charge in [-0.15, -0.1) is 0 Å². The van der Waals surface area contributed by atoms with Gasteiger partial charge in [-0.05, 0) is 55.2 Å². The molecule has 2 aromatic rings. The van der Waals surface area contributed by atoms with Crippen molar-refractivity contribution in [2.45, 2.75) is 58.0 Å². The molecular weight excluding hydrogens is 354 g/mol. The number of ether oxygens (including phenoxy) is 2. The molecule has 4 rings (SSSR count). The average Bonchev–Trinajstić information content (AvgIpc) is 3.34. The predicted octanol–water partition coefficient (Wildman–Crippen LogP) is 4.13. The lowest BCUT2D eigenvalue weighted by Gasteiger charge is -2.22. The minimum Gasteiger partial charge on any atom is -0.458 e. The first-order valence-corrected chi connectivity index (χ1v) is 10.2. The van der Waals surface area contributed by atoms with E-state index >= 15 is 0 Å². The van der Waals surface area contributed by atoms with Crippen molar-refractivity contribution in [3.63, 3.8) is 0 Å². The molecule has 2 aliphatic rings. The first-order chi connectivity index (χ1) is 13.6. The molecular formula is C23H27NO4. The van der Waals surface area contributed by atoms with Crippen LogP contribution in [0.4, 0.5) is 0 Å². The van der Waals surface area contributed by atoms with Gasteiger partial charge in [0.05, 0.1) is 6.10 Å². The lowest BCUT2D eigenvalue weighted by atomic mass is 9.81. The van der Waals surface area contributed by atoms with Crippen LogP contribution in [0.5, 0.6) is 0 Å². The maximum atomic E-state index is 12.8. The van der Waals surface area contributed by atoms with Gasteiger partial charge in [0.25, 0.3) is 0 Å². The summed E-state index contributed by atoms with van der Waals surface area (Å²) in [5, 5.41) is 0. The largest absolute Gasteiger partial charge is 0.458 e. The van der Waals surface area contributed by atoms with E-state index in [1.165, 1.54) is 11.1 Å². The number of rotatable bonds is 5. The molecule has 28 heavy (non-hydrogen) atoms. The van der Waals surface area contributed by atoms with Gasteiger partial charge in [0.2, 0.25) is 0 Å². The summed E-state index contributed by atoms with van der Waals surface area (Å²) in [6, 6.07) is 8.50. The normalized spacial score (nSPS) is 21.6. The molecule has 0 saturated carbocycles. The molecule has 0 unspecified atom stereocenters. The first kappa shape index (κ1) is 18.9. The Morgan fingerprint density at radius 3 is 2.71 bits per heavy atom. The van der Waals surface area contributed by atoms with Crippen molar-refractivity contribution in [3.05, 3.63) is 57.9 Å². The molecule has 1 aliphatic heterocycles. The van der Waals surface area contributed by atoms with E-state index in [1.54, 1.807) is 0 Å². The second-order valence-electron chi connectivity index (χ2n) is 7.84. The second-order valence-corrected chi connectivity index (χ2v) is 7.84. The number of carbonyl (C=O) groups excluding carboxylic acids is 2. The predicted molar refractivity (Wildman–Crippen MR) is 106 cm³/mol. The highest BCUT2D eigenvalue weighted by atomic mass is 16.6. The number of Topliss-reactive ketones (excluding diaryl/α,β-unsaturated/α-hetero) is 1. The average molecular weight is 381 g/mol. The number of carbonyl (C=O) groups is 2. The zero-order chi connectivity index (χ0) is 19.7. The Bertz CT molecular complexity index is 875. The summed E-state index contributed by atoms with van der Waals surface area (Å²) in [7, 11) is 0. The lowest BCUT2D eigenvalue weighted by molar-refractivity contribution is 0.0156. The van der Waals surface area contributed by atoms with Crippen molar-refractivity contribution in [2.75, 3.05) is 13.2 Å². The van der Waals surface area contributed by atoms with Crippen LogP contribution in [0.3, 0.4) is 0 Å². The maximum absolute atomic E-state index is 12.8. The Hall–Kier alpha value is -2.40. The van der Waals surface area contributed by atoms with Crippen molar-refractivity contribution in [1.82, 2.24) is 4.98 Å². The number of aromatic nitrogens is 1. The summed E-state index contributed by atoms with van der Waals surface area (Å²) in [5.74, 6) is -0.170. The summed E-state index contributed by atoms with van der Waals surface area (Å²) in [6.45, 7) is 4.95. The zero-order valence-corrected chi connectivity index (χ0v) is 16.5. The van der Waals surface area contributed by atoms with Gasteiger partial charge in [0, 0.05) is 24.3 Å². The van der Waals surface area contributed by atoms with E-state index in [-0.39, 0.29) is 24.4 Å². The topological polar surface area (TPSA) is 68.4 Å². The molecule has 0 amide bonds. The van der Waals surface area contributed by atoms with Crippen molar-refractivity contribution in [2.24, 2.45) is 0 Å². The Labute approximate surface area is 165 Å². The van der Waals surface area contributed by atoms with Crippen LogP contribution in [0.1, 0.15) is 75.3 Å². The van der Waals surface area contributed by atoms with Crippen LogP contribution < -0.4 is 0 Å². The number of fused-ring (bicyclic) bond motifs is 1. The summed E-state index contributed by atoms with van der Waals surface area (Å²) in [5.41, 5.74) is 5.09. The van der Waals surface area contributed by atoms with Crippen LogP contribution in [-0.2, 0) is 22.3 Å². The van der Waals surface area contributed by atoms with Crippen molar-refractivity contribution in [1.29, 1.82) is 0 Å². The van der Waals surface area contributed by atoms with Crippen LogP contribution in [0.15, 0.2) is 24.3 Å². The summed E-state index contributed by atoms with van der Waals surface area (Å²) in [6.07, 6.45) is 4.12. The van der Waals surface area contributed by atoms with E-state index in [9.17, 15) is 9.59 Å². The number of esters is 1. The molecule has 0 bridgehead atoms. The number of aromatic amines is 1. The summed E-state index contributed by atoms with van der Waals surface area (Å²) in [4.78, 5) is 28.6. The van der Waals surface area contributed by atoms with Crippen LogP contribution >= 0.6 is 0 Å². The minimum atomic E-state index is -0.404. The third-order valence-electron chi connectivity index (χ3n) is 5.98. The van der Waals surface area contributed by atoms with Gasteiger partial charge in [-0.25, -0.2) is 4.79 Å². The zero-order valence-electron chi connectivity index (χ0n) is 16.5. The minimum absolute atomic E-state index is 0.00838. The van der Waals surface area contributed by atoms with Crippen LogP contribution in [0.25, 0.3) is 0 Å². The molecule has 0 radical (unpaired) electrons. The number of H-pyrrole nitrogens is 1. The fourth-order valence-corrected chi connectivity index (χ4v) is 4.32. The quantitative estimate of drug-likeness (QED) is 0.791. The summed E-state index contributed by atoms with van der Waals surface area (Å²) < 4.78 is 10.9. The van der Waals surface area contributed by atoms with Gasteiger partial charge in [-0.1, -0.05) is 31.2 Å².